The molecule has 1 aromatic rings. The molecule has 0 heterocycles. The Morgan fingerprint density at radius 2 is 2.14 bits per heavy atom. The van der Waals surface area contributed by atoms with Crippen LogP contribution in [-0.4, -0.2) is 6.29 Å². The molecule has 0 unspecified atom stereocenters. The molecule has 14 heavy (non-hydrogen) atoms. The van der Waals surface area contributed by atoms with Gasteiger partial charge in [-0.25, -0.2) is 4.39 Å². The average Bonchev–Trinajstić information content (AvgIpc) is 2.19. The summed E-state index contributed by atoms with van der Waals surface area (Å²) in [5.74, 6) is -0.705. The third-order valence-corrected chi connectivity index (χ3v) is 1.79. The second kappa shape index (κ2) is 4.15. The minimum atomic E-state index is -0.705. The number of hydrogen-bond donors (Lipinski definition) is 0. The number of carbonyl (C=O) groups is 1. The van der Waals surface area contributed by atoms with Gasteiger partial charge in [0.1, 0.15) is 18.2 Å². The van der Waals surface area contributed by atoms with Gasteiger partial charge in [-0.1, -0.05) is 0 Å². The highest BCUT2D eigenvalue weighted by atomic mass is 19.1. The van der Waals surface area contributed by atoms with E-state index in [1.54, 1.807) is 12.1 Å². The summed E-state index contributed by atoms with van der Waals surface area (Å²) >= 11 is 0. The first kappa shape index (κ1) is 9.88. The summed E-state index contributed by atoms with van der Waals surface area (Å²) in [5.41, 5.74) is 0.116. The predicted octanol–water partition coefficient (Wildman–Crippen LogP) is 1.58. The lowest BCUT2D eigenvalue weighted by Gasteiger charge is -2.03. The molecule has 0 fully saturated rings. The van der Waals surface area contributed by atoms with E-state index < -0.39 is 5.82 Å². The van der Waals surface area contributed by atoms with Crippen LogP contribution in [0.1, 0.15) is 21.5 Å². The zero-order chi connectivity index (χ0) is 10.6. The Bertz CT molecular complexity index is 454. The van der Waals surface area contributed by atoms with Gasteiger partial charge in [0.15, 0.2) is 0 Å². The third kappa shape index (κ3) is 1.60. The summed E-state index contributed by atoms with van der Waals surface area (Å²) in [5, 5.41) is 17.1. The Kier molecular flexibility index (Phi) is 2.93. The van der Waals surface area contributed by atoms with Crippen LogP contribution in [-0.2, 0) is 6.42 Å². The van der Waals surface area contributed by atoms with Gasteiger partial charge in [0.05, 0.1) is 18.1 Å². The second-order valence-corrected chi connectivity index (χ2v) is 2.55. The first-order valence-corrected chi connectivity index (χ1v) is 3.78. The molecule has 0 aliphatic rings. The number of nitrogens with zero attached hydrogens (tertiary/aromatic N) is 2. The van der Waals surface area contributed by atoms with Crippen LogP contribution in [0.4, 0.5) is 4.39 Å². The maximum atomic E-state index is 13.0. The lowest BCUT2D eigenvalue weighted by atomic mass is 9.99. The number of hydrogen-bond acceptors (Lipinski definition) is 3. The molecule has 4 heteroatoms. The van der Waals surface area contributed by atoms with Crippen molar-refractivity contribution in [1.29, 1.82) is 10.5 Å². The van der Waals surface area contributed by atoms with Gasteiger partial charge >= 0.3 is 0 Å². The van der Waals surface area contributed by atoms with Gasteiger partial charge in [0.2, 0.25) is 0 Å². The molecule has 68 valence electrons. The summed E-state index contributed by atoms with van der Waals surface area (Å²) in [7, 11) is 0. The Hall–Kier alpha value is -2.20. The number of rotatable bonds is 2. The minimum Gasteiger partial charge on any atom is -0.298 e. The van der Waals surface area contributed by atoms with Crippen LogP contribution in [0.3, 0.4) is 0 Å². The molecule has 0 aliphatic carbocycles. The fraction of sp³-hybridized carbons (Fsp3) is 0.100. The molecule has 3 nitrogen and oxygen atoms in total. The van der Waals surface area contributed by atoms with Crippen LogP contribution in [0.15, 0.2) is 12.1 Å². The predicted molar refractivity (Wildman–Crippen MR) is 45.8 cm³/mol. The maximum Gasteiger partial charge on any atom is 0.150 e. The number of benzene rings is 1. The van der Waals surface area contributed by atoms with Crippen molar-refractivity contribution in [3.05, 3.63) is 34.6 Å². The molecule has 0 saturated carbocycles. The summed E-state index contributed by atoms with van der Waals surface area (Å²) in [6, 6.07) is 5.73. The van der Waals surface area contributed by atoms with E-state index in [-0.39, 0.29) is 23.1 Å². The summed E-state index contributed by atoms with van der Waals surface area (Å²) in [6.07, 6.45) is 0.363. The monoisotopic (exact) mass is 188 g/mol. The zero-order valence-electron chi connectivity index (χ0n) is 7.12. The standard InChI is InChI=1S/C10H5FN2O/c11-10-2-1-7(6-14)8(3-4-12)9(10)5-13/h1-2,6H,3H2. The van der Waals surface area contributed by atoms with Gasteiger partial charge in [-0.2, -0.15) is 10.5 Å². The van der Waals surface area contributed by atoms with Crippen LogP contribution in [0.2, 0.25) is 0 Å². The molecule has 0 bridgehead atoms. The van der Waals surface area contributed by atoms with Crippen molar-refractivity contribution in [2.24, 2.45) is 0 Å². The van der Waals surface area contributed by atoms with E-state index in [0.717, 1.165) is 6.07 Å². The summed E-state index contributed by atoms with van der Waals surface area (Å²) in [4.78, 5) is 10.5. The average molecular weight is 188 g/mol. The van der Waals surface area contributed by atoms with Crippen LogP contribution < -0.4 is 0 Å². The molecule has 0 spiro atoms. The third-order valence-electron chi connectivity index (χ3n) is 1.79. The summed E-state index contributed by atoms with van der Waals surface area (Å²) < 4.78 is 13.0. The van der Waals surface area contributed by atoms with Gasteiger partial charge in [-0.3, -0.25) is 4.79 Å². The smallest absolute Gasteiger partial charge is 0.150 e. The van der Waals surface area contributed by atoms with Crippen LogP contribution in [0.25, 0.3) is 0 Å². The molecule has 0 aliphatic heterocycles. The molecule has 0 N–H and O–H groups in total. The van der Waals surface area contributed by atoms with Gasteiger partial charge in [-0.05, 0) is 17.7 Å². The van der Waals surface area contributed by atoms with Crippen molar-refractivity contribution in [3.63, 3.8) is 0 Å². The molecule has 0 saturated heterocycles. The fourth-order valence-electron chi connectivity index (χ4n) is 1.14. The highest BCUT2D eigenvalue weighted by Crippen LogP contribution is 2.16. The molecule has 0 amide bonds. The second-order valence-electron chi connectivity index (χ2n) is 2.55. The Morgan fingerprint density at radius 3 is 2.64 bits per heavy atom. The number of aldehydes is 1. The Balaban J connectivity index is 3.47. The van der Waals surface area contributed by atoms with E-state index in [1.807, 2.05) is 0 Å². The van der Waals surface area contributed by atoms with Crippen molar-refractivity contribution < 1.29 is 9.18 Å². The maximum absolute atomic E-state index is 13.0. The lowest BCUT2D eigenvalue weighted by Crippen LogP contribution is -1.99. The van der Waals surface area contributed by atoms with Crippen LogP contribution in [0.5, 0.6) is 0 Å². The highest BCUT2D eigenvalue weighted by Gasteiger charge is 2.12. The SMILES string of the molecule is N#CCc1c(C=O)ccc(F)c1C#N. The van der Waals surface area contributed by atoms with Crippen molar-refractivity contribution in [2.45, 2.75) is 6.42 Å². The number of halogens is 1. The Labute approximate surface area is 80.0 Å². The van der Waals surface area contributed by atoms with Crippen molar-refractivity contribution in [2.75, 3.05) is 0 Å². The molecule has 1 rings (SSSR count). The number of carbonyl (C=O) groups excluding carboxylic acids is 1. The zero-order valence-corrected chi connectivity index (χ0v) is 7.12. The van der Waals surface area contributed by atoms with Gasteiger partial charge in [-0.15, -0.1) is 0 Å². The minimum absolute atomic E-state index is 0.144. The van der Waals surface area contributed by atoms with E-state index in [2.05, 4.69) is 0 Å². The molecular formula is C10H5FN2O. The molecule has 1 aromatic carbocycles. The summed E-state index contributed by atoms with van der Waals surface area (Å²) in [6.45, 7) is 0. The van der Waals surface area contributed by atoms with Crippen molar-refractivity contribution in [1.82, 2.24) is 0 Å². The van der Waals surface area contributed by atoms with Gasteiger partial charge in [0.25, 0.3) is 0 Å². The fourth-order valence-corrected chi connectivity index (χ4v) is 1.14. The van der Waals surface area contributed by atoms with Crippen molar-refractivity contribution in [3.8, 4) is 12.1 Å². The van der Waals surface area contributed by atoms with Gasteiger partial charge < -0.3 is 0 Å². The lowest BCUT2D eigenvalue weighted by molar-refractivity contribution is 0.112. The Morgan fingerprint density at radius 1 is 1.43 bits per heavy atom. The van der Waals surface area contributed by atoms with Gasteiger partial charge in [0, 0.05) is 5.56 Å². The van der Waals surface area contributed by atoms with E-state index >= 15 is 0 Å². The largest absolute Gasteiger partial charge is 0.298 e. The van der Waals surface area contributed by atoms with Crippen LogP contribution in [0, 0.1) is 28.5 Å². The first-order chi connectivity index (χ1) is 6.74. The van der Waals surface area contributed by atoms with E-state index in [9.17, 15) is 9.18 Å². The topological polar surface area (TPSA) is 64.7 Å². The van der Waals surface area contributed by atoms with Crippen molar-refractivity contribution >= 4 is 6.29 Å². The quantitative estimate of drug-likeness (QED) is 0.661. The first-order valence-electron chi connectivity index (χ1n) is 3.78. The highest BCUT2D eigenvalue weighted by molar-refractivity contribution is 5.79. The molecule has 0 atom stereocenters. The normalized spacial score (nSPS) is 8.79. The van der Waals surface area contributed by atoms with E-state index in [0.29, 0.717) is 6.29 Å². The van der Waals surface area contributed by atoms with Crippen LogP contribution >= 0.6 is 0 Å². The number of nitriles is 2. The molecule has 0 radical (unpaired) electrons. The molecule has 0 aromatic heterocycles. The van der Waals surface area contributed by atoms with E-state index in [4.69, 9.17) is 10.5 Å². The van der Waals surface area contributed by atoms with E-state index in [1.165, 1.54) is 6.07 Å². The molecular weight excluding hydrogens is 183 g/mol.